The molecule has 1 amide bonds. The molecule has 106 valence electrons. The van der Waals surface area contributed by atoms with Gasteiger partial charge in [0.05, 0.1) is 0 Å². The van der Waals surface area contributed by atoms with Gasteiger partial charge in [0.25, 0.3) is 5.91 Å². The van der Waals surface area contributed by atoms with Crippen LogP contribution in [0, 0.1) is 0 Å². The van der Waals surface area contributed by atoms with Gasteiger partial charge in [0, 0.05) is 29.7 Å². The Kier molecular flexibility index (Phi) is 2.60. The van der Waals surface area contributed by atoms with Gasteiger partial charge in [-0.1, -0.05) is 18.2 Å². The maximum Gasteiger partial charge on any atom is 0.277 e. The molecule has 21 heavy (non-hydrogen) atoms. The number of para-hydroxylation sites is 1. The van der Waals surface area contributed by atoms with Crippen molar-refractivity contribution >= 4 is 28.8 Å². The predicted molar refractivity (Wildman–Crippen MR) is 80.6 cm³/mol. The molecule has 2 aliphatic rings. The Balaban J connectivity index is 1.77. The molecule has 4 rings (SSSR count). The highest BCUT2D eigenvalue weighted by Gasteiger charge is 2.31. The smallest absolute Gasteiger partial charge is 0.277 e. The molecule has 5 nitrogen and oxygen atoms in total. The van der Waals surface area contributed by atoms with Crippen LogP contribution in [0.25, 0.3) is 17.0 Å². The number of benzene rings is 1. The largest absolute Gasteiger partial charge is 0.473 e. The molecule has 0 saturated heterocycles. The van der Waals surface area contributed by atoms with Gasteiger partial charge in [0.15, 0.2) is 0 Å². The van der Waals surface area contributed by atoms with Crippen LogP contribution in [-0.4, -0.2) is 22.5 Å². The molecule has 1 N–H and O–H groups in total. The third-order valence-corrected chi connectivity index (χ3v) is 3.76. The third kappa shape index (κ3) is 2.11. The molecule has 0 radical (unpaired) electrons. The Morgan fingerprint density at radius 3 is 3.00 bits per heavy atom. The van der Waals surface area contributed by atoms with Crippen molar-refractivity contribution in [2.24, 2.45) is 12.1 Å². The average molecular weight is 281 g/mol. The molecule has 0 bridgehead atoms. The number of aryl methyl sites for hydroxylation is 1. The lowest BCUT2D eigenvalue weighted by atomic mass is 10.1. The van der Waals surface area contributed by atoms with E-state index in [4.69, 9.17) is 4.74 Å². The lowest BCUT2D eigenvalue weighted by molar-refractivity contribution is -0.116. The van der Waals surface area contributed by atoms with Crippen LogP contribution in [-0.2, 0) is 16.6 Å². The second-order valence-electron chi connectivity index (χ2n) is 5.45. The highest BCUT2D eigenvalue weighted by atomic mass is 16.5. The minimum Gasteiger partial charge on any atom is -0.473 e. The number of carbonyl (C=O) groups excluding carboxylic acids is 1. The summed E-state index contributed by atoms with van der Waals surface area (Å²) in [7, 11) is 1.99. The number of rotatable bonds is 2. The number of ether oxygens (including phenoxy) is 1. The average Bonchev–Trinajstić information content (AvgIpc) is 3.17. The van der Waals surface area contributed by atoms with Crippen molar-refractivity contribution in [3.05, 3.63) is 41.6 Å². The first kappa shape index (κ1) is 12.2. The second kappa shape index (κ2) is 4.48. The second-order valence-corrected chi connectivity index (χ2v) is 5.45. The van der Waals surface area contributed by atoms with Gasteiger partial charge in [0.1, 0.15) is 11.7 Å². The number of hydrogen-bond acceptors (Lipinski definition) is 3. The zero-order chi connectivity index (χ0) is 14.4. The highest BCUT2D eigenvalue weighted by molar-refractivity contribution is 6.25. The van der Waals surface area contributed by atoms with Crippen molar-refractivity contribution in [3.63, 3.8) is 0 Å². The van der Waals surface area contributed by atoms with E-state index < -0.39 is 0 Å². The minimum atomic E-state index is -0.210. The number of nitrogens with one attached hydrogen (secondary N) is 1. The van der Waals surface area contributed by atoms with Crippen LogP contribution in [0.4, 0.5) is 0 Å². The quantitative estimate of drug-likeness (QED) is 0.858. The van der Waals surface area contributed by atoms with Crippen molar-refractivity contribution < 1.29 is 9.53 Å². The number of nitrogens with zero attached hydrogens (tertiary/aromatic N) is 2. The summed E-state index contributed by atoms with van der Waals surface area (Å²) in [5.41, 5.74) is 5.10. The van der Waals surface area contributed by atoms with E-state index in [-0.39, 0.29) is 12.0 Å². The van der Waals surface area contributed by atoms with E-state index in [9.17, 15) is 4.79 Å². The number of hydrogen-bond donors (Lipinski definition) is 1. The fraction of sp³-hybridized carbons (Fsp3) is 0.250. The zero-order valence-electron chi connectivity index (χ0n) is 11.7. The van der Waals surface area contributed by atoms with Crippen molar-refractivity contribution in [3.8, 4) is 0 Å². The Bertz CT molecular complexity index is 797. The van der Waals surface area contributed by atoms with E-state index in [2.05, 4.69) is 16.6 Å². The van der Waals surface area contributed by atoms with Crippen LogP contribution >= 0.6 is 0 Å². The van der Waals surface area contributed by atoms with Gasteiger partial charge in [-0.25, -0.2) is 5.43 Å². The number of carbonyl (C=O) groups is 1. The van der Waals surface area contributed by atoms with Gasteiger partial charge in [-0.05, 0) is 25.0 Å². The molecule has 0 atom stereocenters. The monoisotopic (exact) mass is 281 g/mol. The van der Waals surface area contributed by atoms with E-state index in [0.29, 0.717) is 11.5 Å². The van der Waals surface area contributed by atoms with Crippen molar-refractivity contribution in [2.45, 2.75) is 18.9 Å². The first-order valence-electron chi connectivity index (χ1n) is 7.03. The van der Waals surface area contributed by atoms with Gasteiger partial charge < -0.3 is 9.30 Å². The first-order chi connectivity index (χ1) is 10.2. The van der Waals surface area contributed by atoms with Crippen LogP contribution in [0.1, 0.15) is 18.4 Å². The van der Waals surface area contributed by atoms with E-state index in [0.717, 1.165) is 29.3 Å². The SMILES string of the molecule is Cn1cc(C=C2C(=O)NN=C2OC2CC2)c2ccccc21. The summed E-state index contributed by atoms with van der Waals surface area (Å²) < 4.78 is 7.74. The summed E-state index contributed by atoms with van der Waals surface area (Å²) in [4.78, 5) is 12.0. The Labute approximate surface area is 121 Å². The molecular formula is C16H15N3O2. The maximum atomic E-state index is 12.0. The van der Waals surface area contributed by atoms with Gasteiger partial charge >= 0.3 is 0 Å². The van der Waals surface area contributed by atoms with Gasteiger partial charge in [-0.15, -0.1) is 5.10 Å². The van der Waals surface area contributed by atoms with Crippen molar-refractivity contribution in [1.29, 1.82) is 0 Å². The summed E-state index contributed by atoms with van der Waals surface area (Å²) in [6.07, 6.45) is 6.15. The van der Waals surface area contributed by atoms with Crippen molar-refractivity contribution in [1.82, 2.24) is 9.99 Å². The normalized spacial score (nSPS) is 20.0. The van der Waals surface area contributed by atoms with Gasteiger partial charge in [0.2, 0.25) is 5.90 Å². The van der Waals surface area contributed by atoms with E-state index >= 15 is 0 Å². The molecule has 2 aromatic rings. The molecule has 1 aromatic heterocycles. The zero-order valence-corrected chi connectivity index (χ0v) is 11.7. The van der Waals surface area contributed by atoms with Gasteiger partial charge in [-0.2, -0.15) is 0 Å². The lowest BCUT2D eigenvalue weighted by Gasteiger charge is -2.02. The number of amides is 1. The molecule has 1 aliphatic carbocycles. The standard InChI is InChI=1S/C16H15N3O2/c1-19-9-10(12-4-2-3-5-14(12)19)8-13-15(20)17-18-16(13)21-11-6-7-11/h2-5,8-9,11H,6-7H2,1H3,(H,17,20). The van der Waals surface area contributed by atoms with Crippen LogP contribution in [0.15, 0.2) is 41.1 Å². The maximum absolute atomic E-state index is 12.0. The summed E-state index contributed by atoms with van der Waals surface area (Å²) in [5, 5.41) is 5.09. The fourth-order valence-electron chi connectivity index (χ4n) is 2.52. The van der Waals surface area contributed by atoms with Crippen LogP contribution in [0.3, 0.4) is 0 Å². The van der Waals surface area contributed by atoms with E-state index in [1.165, 1.54) is 0 Å². The summed E-state index contributed by atoms with van der Waals surface area (Å²) in [6.45, 7) is 0. The number of aromatic nitrogens is 1. The molecular weight excluding hydrogens is 266 g/mol. The summed E-state index contributed by atoms with van der Waals surface area (Å²) >= 11 is 0. The van der Waals surface area contributed by atoms with Crippen LogP contribution in [0.5, 0.6) is 0 Å². The molecule has 1 aromatic carbocycles. The highest BCUT2D eigenvalue weighted by Crippen LogP contribution is 2.28. The Morgan fingerprint density at radius 2 is 2.19 bits per heavy atom. The van der Waals surface area contributed by atoms with E-state index in [1.54, 1.807) is 0 Å². The predicted octanol–water partition coefficient (Wildman–Crippen LogP) is 2.18. The molecule has 0 spiro atoms. The topological polar surface area (TPSA) is 55.6 Å². The molecule has 5 heteroatoms. The summed E-state index contributed by atoms with van der Waals surface area (Å²) in [5.74, 6) is 0.203. The third-order valence-electron chi connectivity index (χ3n) is 3.76. The molecule has 2 heterocycles. The number of hydrazone groups is 1. The summed E-state index contributed by atoms with van der Waals surface area (Å²) in [6, 6.07) is 8.11. The first-order valence-corrected chi connectivity index (χ1v) is 7.03. The molecule has 1 fully saturated rings. The minimum absolute atomic E-state index is 0.210. The molecule has 1 saturated carbocycles. The fourth-order valence-corrected chi connectivity index (χ4v) is 2.52. The van der Waals surface area contributed by atoms with Crippen LogP contribution in [0.2, 0.25) is 0 Å². The molecule has 0 unspecified atom stereocenters. The van der Waals surface area contributed by atoms with Crippen LogP contribution < -0.4 is 5.43 Å². The lowest BCUT2D eigenvalue weighted by Crippen LogP contribution is -2.14. The molecule has 1 aliphatic heterocycles. The van der Waals surface area contributed by atoms with E-state index in [1.807, 2.05) is 42.1 Å². The van der Waals surface area contributed by atoms with Crippen molar-refractivity contribution in [2.75, 3.05) is 0 Å². The Morgan fingerprint density at radius 1 is 1.38 bits per heavy atom. The number of fused-ring (bicyclic) bond motifs is 1. The van der Waals surface area contributed by atoms with Gasteiger partial charge in [-0.3, -0.25) is 4.79 Å². The Hall–Kier alpha value is -2.56.